The highest BCUT2D eigenvalue weighted by Gasteiger charge is 2.23. The van der Waals surface area contributed by atoms with E-state index < -0.39 is 0 Å². The molecule has 146 valence electrons. The summed E-state index contributed by atoms with van der Waals surface area (Å²) in [7, 11) is 0. The second kappa shape index (κ2) is 8.65. The summed E-state index contributed by atoms with van der Waals surface area (Å²) < 4.78 is 0. The van der Waals surface area contributed by atoms with Gasteiger partial charge in [0.2, 0.25) is 5.91 Å². The first-order valence-corrected chi connectivity index (χ1v) is 9.35. The third-order valence-corrected chi connectivity index (χ3v) is 4.65. The molecule has 0 radical (unpaired) electrons. The van der Waals surface area contributed by atoms with Crippen LogP contribution < -0.4 is 10.6 Å². The molecular weight excluding hydrogens is 356 g/mol. The van der Waals surface area contributed by atoms with Crippen LogP contribution >= 0.6 is 0 Å². The second-order valence-corrected chi connectivity index (χ2v) is 7.17. The predicted octanol–water partition coefficient (Wildman–Crippen LogP) is 3.16. The fourth-order valence-corrected chi connectivity index (χ4v) is 3.28. The Morgan fingerprint density at radius 1 is 1.04 bits per heavy atom. The number of likely N-dealkylation sites (tertiary alicyclic amines) is 1. The summed E-state index contributed by atoms with van der Waals surface area (Å²) in [6.45, 7) is 5.04. The van der Waals surface area contributed by atoms with Crippen molar-refractivity contribution >= 4 is 29.1 Å². The molecule has 0 bridgehead atoms. The summed E-state index contributed by atoms with van der Waals surface area (Å²) in [6.07, 6.45) is 5.07. The fraction of sp³-hybridized carbons (Fsp3) is 0.333. The number of nitrogens with one attached hydrogen (secondary N) is 2. The zero-order chi connectivity index (χ0) is 20.1. The van der Waals surface area contributed by atoms with Crippen molar-refractivity contribution in [2.75, 3.05) is 23.7 Å². The van der Waals surface area contributed by atoms with Crippen LogP contribution in [0, 0.1) is 5.92 Å². The van der Waals surface area contributed by atoms with Gasteiger partial charge in [-0.1, -0.05) is 6.92 Å². The maximum Gasteiger partial charge on any atom is 0.257 e. The maximum absolute atomic E-state index is 12.7. The minimum absolute atomic E-state index is 0.0895. The van der Waals surface area contributed by atoms with Crippen molar-refractivity contribution in [3.63, 3.8) is 0 Å². The monoisotopic (exact) mass is 380 g/mol. The van der Waals surface area contributed by atoms with Gasteiger partial charge in [0, 0.05) is 43.8 Å². The molecule has 0 saturated carbocycles. The van der Waals surface area contributed by atoms with Gasteiger partial charge in [0.05, 0.1) is 11.1 Å². The molecule has 1 unspecified atom stereocenters. The van der Waals surface area contributed by atoms with Crippen molar-refractivity contribution in [2.45, 2.75) is 26.7 Å². The number of carbonyl (C=O) groups excluding carboxylic acids is 3. The van der Waals surface area contributed by atoms with Gasteiger partial charge < -0.3 is 15.5 Å². The average Bonchev–Trinajstić information content (AvgIpc) is 2.68. The van der Waals surface area contributed by atoms with Gasteiger partial charge in [-0.15, -0.1) is 0 Å². The summed E-state index contributed by atoms with van der Waals surface area (Å²) in [6, 6.07) is 8.37. The SMILES string of the molecule is CC(=O)Nc1ccc(NC(=O)c2cncc(C(=O)N3CCCC(C)C3)c2)cc1. The molecule has 7 heteroatoms. The molecule has 0 aliphatic carbocycles. The van der Waals surface area contributed by atoms with Gasteiger partial charge in [0.1, 0.15) is 0 Å². The van der Waals surface area contributed by atoms with Crippen molar-refractivity contribution in [2.24, 2.45) is 5.92 Å². The van der Waals surface area contributed by atoms with Crippen LogP contribution in [0.5, 0.6) is 0 Å². The molecule has 1 fully saturated rings. The highest BCUT2D eigenvalue weighted by atomic mass is 16.2. The topological polar surface area (TPSA) is 91.4 Å². The number of hydrogen-bond donors (Lipinski definition) is 2. The van der Waals surface area contributed by atoms with Gasteiger partial charge in [-0.25, -0.2) is 0 Å². The summed E-state index contributed by atoms with van der Waals surface area (Å²) >= 11 is 0. The maximum atomic E-state index is 12.7. The van der Waals surface area contributed by atoms with E-state index in [9.17, 15) is 14.4 Å². The van der Waals surface area contributed by atoms with E-state index in [0.29, 0.717) is 28.4 Å². The number of hydrogen-bond acceptors (Lipinski definition) is 4. The van der Waals surface area contributed by atoms with Crippen molar-refractivity contribution in [3.05, 3.63) is 53.9 Å². The Bertz CT molecular complexity index is 879. The van der Waals surface area contributed by atoms with Crippen LogP contribution in [-0.4, -0.2) is 40.7 Å². The number of benzene rings is 1. The van der Waals surface area contributed by atoms with Crippen molar-refractivity contribution in [1.29, 1.82) is 0 Å². The Morgan fingerprint density at radius 2 is 1.68 bits per heavy atom. The van der Waals surface area contributed by atoms with Gasteiger partial charge in [-0.3, -0.25) is 19.4 Å². The van der Waals surface area contributed by atoms with Gasteiger partial charge in [-0.2, -0.15) is 0 Å². The molecule has 2 aromatic rings. The van der Waals surface area contributed by atoms with Gasteiger partial charge in [-0.05, 0) is 49.1 Å². The normalized spacial score (nSPS) is 16.4. The van der Waals surface area contributed by atoms with E-state index >= 15 is 0 Å². The van der Waals surface area contributed by atoms with E-state index in [1.165, 1.54) is 19.3 Å². The third kappa shape index (κ3) is 4.94. The molecule has 1 aliphatic heterocycles. The Kier molecular flexibility index (Phi) is 6.03. The first-order valence-electron chi connectivity index (χ1n) is 9.35. The quantitative estimate of drug-likeness (QED) is 0.852. The minimum atomic E-state index is -0.346. The number of amides is 3. The molecule has 1 aliphatic rings. The molecule has 3 amide bonds. The van der Waals surface area contributed by atoms with E-state index in [2.05, 4.69) is 22.5 Å². The van der Waals surface area contributed by atoms with Crippen LogP contribution in [0.4, 0.5) is 11.4 Å². The highest BCUT2D eigenvalue weighted by Crippen LogP contribution is 2.19. The van der Waals surface area contributed by atoms with E-state index in [1.54, 1.807) is 30.3 Å². The lowest BCUT2D eigenvalue weighted by atomic mass is 9.99. The van der Waals surface area contributed by atoms with Crippen molar-refractivity contribution < 1.29 is 14.4 Å². The molecule has 1 atom stereocenters. The molecule has 1 aromatic carbocycles. The lowest BCUT2D eigenvalue weighted by molar-refractivity contribution is -0.114. The first-order chi connectivity index (χ1) is 13.4. The van der Waals surface area contributed by atoms with Crippen molar-refractivity contribution in [3.8, 4) is 0 Å². The molecule has 0 spiro atoms. The number of piperidine rings is 1. The predicted molar refractivity (Wildman–Crippen MR) is 107 cm³/mol. The molecule has 28 heavy (non-hydrogen) atoms. The van der Waals surface area contributed by atoms with Crippen LogP contribution in [-0.2, 0) is 4.79 Å². The fourth-order valence-electron chi connectivity index (χ4n) is 3.28. The lowest BCUT2D eigenvalue weighted by Gasteiger charge is -2.30. The smallest absolute Gasteiger partial charge is 0.257 e. The summed E-state index contributed by atoms with van der Waals surface area (Å²) in [5.41, 5.74) is 1.97. The molecule has 1 saturated heterocycles. The molecule has 3 rings (SSSR count). The number of anilines is 2. The number of pyridine rings is 1. The summed E-state index contributed by atoms with van der Waals surface area (Å²) in [4.78, 5) is 42.2. The van der Waals surface area contributed by atoms with Gasteiger partial charge in [0.15, 0.2) is 0 Å². The Balaban J connectivity index is 1.68. The van der Waals surface area contributed by atoms with E-state index in [1.807, 2.05) is 4.90 Å². The second-order valence-electron chi connectivity index (χ2n) is 7.17. The Morgan fingerprint density at radius 3 is 2.32 bits per heavy atom. The molecule has 2 heterocycles. The van der Waals surface area contributed by atoms with E-state index in [4.69, 9.17) is 0 Å². The average molecular weight is 380 g/mol. The number of nitrogens with zero attached hydrogens (tertiary/aromatic N) is 2. The summed E-state index contributed by atoms with van der Waals surface area (Å²) in [5, 5.41) is 5.44. The lowest BCUT2D eigenvalue weighted by Crippen LogP contribution is -2.39. The zero-order valence-electron chi connectivity index (χ0n) is 16.1. The van der Waals surface area contributed by atoms with Crippen LogP contribution in [0.1, 0.15) is 47.4 Å². The van der Waals surface area contributed by atoms with Crippen LogP contribution in [0.25, 0.3) is 0 Å². The molecular formula is C21H24N4O3. The molecule has 2 N–H and O–H groups in total. The third-order valence-electron chi connectivity index (χ3n) is 4.65. The zero-order valence-corrected chi connectivity index (χ0v) is 16.1. The van der Waals surface area contributed by atoms with Gasteiger partial charge >= 0.3 is 0 Å². The largest absolute Gasteiger partial charge is 0.338 e. The molecule has 7 nitrogen and oxygen atoms in total. The van der Waals surface area contributed by atoms with Gasteiger partial charge in [0.25, 0.3) is 11.8 Å². The van der Waals surface area contributed by atoms with Crippen LogP contribution in [0.3, 0.4) is 0 Å². The first kappa shape index (κ1) is 19.5. The number of aromatic nitrogens is 1. The van der Waals surface area contributed by atoms with Crippen molar-refractivity contribution in [1.82, 2.24) is 9.88 Å². The number of rotatable bonds is 4. The van der Waals surface area contributed by atoms with E-state index in [-0.39, 0.29) is 17.7 Å². The summed E-state index contributed by atoms with van der Waals surface area (Å²) in [5.74, 6) is -0.111. The standard InChI is InChI=1S/C21H24N4O3/c1-14-4-3-9-25(13-14)21(28)17-10-16(11-22-12-17)20(27)24-19-7-5-18(6-8-19)23-15(2)26/h5-8,10-12,14H,3-4,9,13H2,1-2H3,(H,23,26)(H,24,27). The van der Waals surface area contributed by atoms with Crippen LogP contribution in [0.2, 0.25) is 0 Å². The Labute approximate surface area is 164 Å². The minimum Gasteiger partial charge on any atom is -0.338 e. The Hall–Kier alpha value is -3.22. The van der Waals surface area contributed by atoms with E-state index in [0.717, 1.165) is 25.9 Å². The molecule has 1 aromatic heterocycles. The number of carbonyl (C=O) groups is 3. The highest BCUT2D eigenvalue weighted by molar-refractivity contribution is 6.06. The van der Waals surface area contributed by atoms with Crippen LogP contribution in [0.15, 0.2) is 42.7 Å².